The number of alkyl halides is 6. The molecule has 0 amide bonds. The molecule has 1 aromatic heterocycles. The zero-order valence-corrected chi connectivity index (χ0v) is 8.33. The van der Waals surface area contributed by atoms with Crippen molar-refractivity contribution in [2.24, 2.45) is 0 Å². The van der Waals surface area contributed by atoms with Crippen LogP contribution in [0.4, 0.5) is 26.3 Å². The Balaban J connectivity index is 3.21. The summed E-state index contributed by atoms with van der Waals surface area (Å²) < 4.78 is 71.6. The van der Waals surface area contributed by atoms with Crippen molar-refractivity contribution < 1.29 is 26.3 Å². The van der Waals surface area contributed by atoms with Gasteiger partial charge in [-0.05, 0) is 28.1 Å². The van der Waals surface area contributed by atoms with E-state index in [1.54, 1.807) is 0 Å². The summed E-state index contributed by atoms with van der Waals surface area (Å²) in [7, 11) is 0. The van der Waals surface area contributed by atoms with Gasteiger partial charge in [0.2, 0.25) is 0 Å². The van der Waals surface area contributed by atoms with Crippen molar-refractivity contribution in [3.05, 3.63) is 28.0 Å². The number of nitrogens with zero attached hydrogens (tertiary/aromatic N) is 1. The van der Waals surface area contributed by atoms with Gasteiger partial charge in [0.25, 0.3) is 0 Å². The lowest BCUT2D eigenvalue weighted by Gasteiger charge is -2.11. The Labute approximate surface area is 88.2 Å². The second-order valence-electron chi connectivity index (χ2n) is 2.53. The van der Waals surface area contributed by atoms with E-state index in [1.807, 2.05) is 0 Å². The number of halogens is 7. The first-order valence-corrected chi connectivity index (χ1v) is 4.22. The van der Waals surface area contributed by atoms with Crippen LogP contribution in [0.1, 0.15) is 11.3 Å². The molecule has 0 spiro atoms. The maximum atomic E-state index is 12.1. The normalized spacial score (nSPS) is 13.0. The van der Waals surface area contributed by atoms with Gasteiger partial charge >= 0.3 is 12.4 Å². The van der Waals surface area contributed by atoms with Crippen LogP contribution >= 0.6 is 15.9 Å². The molecule has 0 aliphatic carbocycles. The predicted molar refractivity (Wildman–Crippen MR) is 41.9 cm³/mol. The average molecular weight is 294 g/mol. The molecular weight excluding hydrogens is 292 g/mol. The SMILES string of the molecule is FC(F)(F)c1ccc(C(F)(F)F)c(Br)n1. The number of aromatic nitrogens is 1. The van der Waals surface area contributed by atoms with E-state index < -0.39 is 28.2 Å². The lowest BCUT2D eigenvalue weighted by molar-refractivity contribution is -0.145. The van der Waals surface area contributed by atoms with Crippen LogP contribution in [0.5, 0.6) is 0 Å². The van der Waals surface area contributed by atoms with Crippen LogP contribution in [0.3, 0.4) is 0 Å². The molecule has 0 aliphatic heterocycles. The molecule has 0 atom stereocenters. The third-order valence-electron chi connectivity index (χ3n) is 1.44. The highest BCUT2D eigenvalue weighted by Gasteiger charge is 2.37. The smallest absolute Gasteiger partial charge is 0.236 e. The minimum Gasteiger partial charge on any atom is -0.236 e. The highest BCUT2D eigenvalue weighted by atomic mass is 79.9. The van der Waals surface area contributed by atoms with Crippen LogP contribution in [0.25, 0.3) is 0 Å². The molecule has 0 fully saturated rings. The summed E-state index contributed by atoms with van der Waals surface area (Å²) in [5.74, 6) is 0. The van der Waals surface area contributed by atoms with Crippen LogP contribution in [0.15, 0.2) is 16.7 Å². The van der Waals surface area contributed by atoms with Gasteiger partial charge in [0.15, 0.2) is 0 Å². The minimum atomic E-state index is -4.76. The molecule has 0 aromatic carbocycles. The Morgan fingerprint density at radius 2 is 1.47 bits per heavy atom. The first-order valence-electron chi connectivity index (χ1n) is 3.43. The van der Waals surface area contributed by atoms with E-state index in [2.05, 4.69) is 20.9 Å². The van der Waals surface area contributed by atoms with Gasteiger partial charge in [0, 0.05) is 0 Å². The van der Waals surface area contributed by atoms with Crippen molar-refractivity contribution in [1.82, 2.24) is 4.98 Å². The maximum Gasteiger partial charge on any atom is 0.433 e. The van der Waals surface area contributed by atoms with Gasteiger partial charge in [0.05, 0.1) is 5.56 Å². The number of hydrogen-bond acceptors (Lipinski definition) is 1. The first kappa shape index (κ1) is 12.3. The third-order valence-corrected chi connectivity index (χ3v) is 2.05. The number of pyridine rings is 1. The van der Waals surface area contributed by atoms with E-state index in [-0.39, 0.29) is 6.07 Å². The maximum absolute atomic E-state index is 12.1. The summed E-state index contributed by atoms with van der Waals surface area (Å²) in [5, 5.41) is 0. The quantitative estimate of drug-likeness (QED) is 0.522. The molecule has 0 aliphatic rings. The molecule has 0 bridgehead atoms. The van der Waals surface area contributed by atoms with E-state index >= 15 is 0 Å². The lowest BCUT2D eigenvalue weighted by atomic mass is 10.2. The van der Waals surface area contributed by atoms with Crippen molar-refractivity contribution in [3.63, 3.8) is 0 Å². The summed E-state index contributed by atoms with van der Waals surface area (Å²) in [5.41, 5.74) is -2.61. The lowest BCUT2D eigenvalue weighted by Crippen LogP contribution is -2.12. The molecule has 0 N–H and O–H groups in total. The molecule has 0 saturated heterocycles. The first-order chi connectivity index (χ1) is 6.62. The van der Waals surface area contributed by atoms with Crippen LogP contribution < -0.4 is 0 Å². The zero-order valence-electron chi connectivity index (χ0n) is 6.75. The fraction of sp³-hybridized carbons (Fsp3) is 0.286. The van der Waals surface area contributed by atoms with Crippen molar-refractivity contribution in [2.45, 2.75) is 12.4 Å². The van der Waals surface area contributed by atoms with Gasteiger partial charge in [-0.25, -0.2) is 4.98 Å². The average Bonchev–Trinajstić information content (AvgIpc) is 1.99. The Bertz CT molecular complexity index is 369. The van der Waals surface area contributed by atoms with Gasteiger partial charge < -0.3 is 0 Å². The molecule has 1 nitrogen and oxygen atoms in total. The molecular formula is C7H2BrF6N. The topological polar surface area (TPSA) is 12.9 Å². The molecule has 1 aromatic rings. The van der Waals surface area contributed by atoms with Crippen molar-refractivity contribution >= 4 is 15.9 Å². The molecule has 0 saturated carbocycles. The monoisotopic (exact) mass is 293 g/mol. The molecule has 15 heavy (non-hydrogen) atoms. The van der Waals surface area contributed by atoms with Gasteiger partial charge in [-0.3, -0.25) is 0 Å². The fourth-order valence-electron chi connectivity index (χ4n) is 0.804. The van der Waals surface area contributed by atoms with E-state index in [1.165, 1.54) is 0 Å². The van der Waals surface area contributed by atoms with Crippen LogP contribution in [0, 0.1) is 0 Å². The van der Waals surface area contributed by atoms with Gasteiger partial charge in [-0.2, -0.15) is 26.3 Å². The summed E-state index contributed by atoms with van der Waals surface area (Å²) in [6.07, 6.45) is -9.48. The molecule has 84 valence electrons. The zero-order chi connectivity index (χ0) is 11.9. The van der Waals surface area contributed by atoms with Crippen molar-refractivity contribution in [2.75, 3.05) is 0 Å². The predicted octanol–water partition coefficient (Wildman–Crippen LogP) is 3.88. The standard InChI is InChI=1S/C7H2BrF6N/c8-5-3(6(9,10)11)1-2-4(15-5)7(12,13)14/h1-2H. The molecule has 0 radical (unpaired) electrons. The summed E-state index contributed by atoms with van der Waals surface area (Å²) in [6, 6.07) is 0.619. The Morgan fingerprint density at radius 3 is 1.80 bits per heavy atom. The van der Waals surface area contributed by atoms with Gasteiger partial charge in [-0.15, -0.1) is 0 Å². The highest BCUT2D eigenvalue weighted by Crippen LogP contribution is 2.36. The molecule has 1 rings (SSSR count). The Hall–Kier alpha value is -0.790. The van der Waals surface area contributed by atoms with Crippen LogP contribution in [-0.2, 0) is 12.4 Å². The Morgan fingerprint density at radius 1 is 0.933 bits per heavy atom. The number of rotatable bonds is 0. The number of hydrogen-bond donors (Lipinski definition) is 0. The third kappa shape index (κ3) is 2.83. The second kappa shape index (κ2) is 3.66. The minimum absolute atomic E-state index is 0.285. The highest BCUT2D eigenvalue weighted by molar-refractivity contribution is 9.10. The van der Waals surface area contributed by atoms with Crippen molar-refractivity contribution in [3.8, 4) is 0 Å². The van der Waals surface area contributed by atoms with E-state index in [9.17, 15) is 26.3 Å². The van der Waals surface area contributed by atoms with Gasteiger partial charge in [0.1, 0.15) is 10.3 Å². The molecule has 8 heteroatoms. The van der Waals surface area contributed by atoms with E-state index in [0.717, 1.165) is 0 Å². The fourth-order valence-corrected chi connectivity index (χ4v) is 1.35. The Kier molecular flexibility index (Phi) is 2.99. The van der Waals surface area contributed by atoms with Gasteiger partial charge in [-0.1, -0.05) is 0 Å². The molecule has 0 unspecified atom stereocenters. The van der Waals surface area contributed by atoms with Crippen LogP contribution in [-0.4, -0.2) is 4.98 Å². The summed E-state index contributed by atoms with van der Waals surface area (Å²) in [6.45, 7) is 0. The second-order valence-corrected chi connectivity index (χ2v) is 3.28. The van der Waals surface area contributed by atoms with E-state index in [4.69, 9.17) is 0 Å². The van der Waals surface area contributed by atoms with E-state index in [0.29, 0.717) is 6.07 Å². The summed E-state index contributed by atoms with van der Waals surface area (Å²) in [4.78, 5) is 2.78. The molecule has 1 heterocycles. The van der Waals surface area contributed by atoms with Crippen LogP contribution in [0.2, 0.25) is 0 Å². The summed E-state index contributed by atoms with van der Waals surface area (Å²) >= 11 is 2.34. The largest absolute Gasteiger partial charge is 0.433 e. The van der Waals surface area contributed by atoms with Crippen molar-refractivity contribution in [1.29, 1.82) is 0 Å².